The first-order chi connectivity index (χ1) is 8.78. The van der Waals surface area contributed by atoms with Crippen molar-refractivity contribution >= 4 is 21.4 Å². The van der Waals surface area contributed by atoms with Crippen molar-refractivity contribution in [1.82, 2.24) is 0 Å². The molecule has 1 atom stereocenters. The fourth-order valence-corrected chi connectivity index (χ4v) is 2.36. The molecular weight excluding hydrogens is 266 g/mol. The Balaban J connectivity index is 2.33. The molecule has 0 bridgehead atoms. The first kappa shape index (κ1) is 13.8. The minimum absolute atomic E-state index is 0.0152. The first-order valence-electron chi connectivity index (χ1n) is 5.84. The number of Topliss-reactive ketones (excluding diaryl/α,β-unsaturated/α-hetero) is 1. The van der Waals surface area contributed by atoms with E-state index in [4.69, 9.17) is 9.88 Å². The largest absolute Gasteiger partial charge is 0.486 e. The molecule has 1 aromatic carbocycles. The number of benzene rings is 1. The van der Waals surface area contributed by atoms with Gasteiger partial charge in [-0.2, -0.15) is 0 Å². The van der Waals surface area contributed by atoms with Crippen LogP contribution in [0.5, 0.6) is 0 Å². The predicted octanol–water partition coefficient (Wildman–Crippen LogP) is 1.44. The van der Waals surface area contributed by atoms with Crippen molar-refractivity contribution in [3.05, 3.63) is 36.1 Å². The maximum atomic E-state index is 12.2. The molecular formula is C13H15NO4S. The summed E-state index contributed by atoms with van der Waals surface area (Å²) in [5.41, 5.74) is 0.244. The van der Waals surface area contributed by atoms with Gasteiger partial charge in [-0.15, -0.1) is 0 Å². The number of sulfonamides is 1. The molecule has 0 spiro atoms. The van der Waals surface area contributed by atoms with Gasteiger partial charge in [-0.3, -0.25) is 4.79 Å². The van der Waals surface area contributed by atoms with E-state index in [0.29, 0.717) is 17.6 Å². The van der Waals surface area contributed by atoms with Crippen LogP contribution in [0.3, 0.4) is 0 Å². The molecule has 0 fully saturated rings. The van der Waals surface area contributed by atoms with Crippen LogP contribution in [0, 0.1) is 0 Å². The highest BCUT2D eigenvalue weighted by molar-refractivity contribution is 7.89. The van der Waals surface area contributed by atoms with Gasteiger partial charge in [0.25, 0.3) is 0 Å². The zero-order valence-corrected chi connectivity index (χ0v) is 11.5. The van der Waals surface area contributed by atoms with Gasteiger partial charge < -0.3 is 4.74 Å². The normalized spacial score (nSPS) is 23.1. The topological polar surface area (TPSA) is 86.5 Å². The monoisotopic (exact) mass is 281 g/mol. The van der Waals surface area contributed by atoms with E-state index in [1.165, 1.54) is 18.4 Å². The predicted molar refractivity (Wildman–Crippen MR) is 70.6 cm³/mol. The van der Waals surface area contributed by atoms with Crippen LogP contribution in [0.2, 0.25) is 0 Å². The minimum atomic E-state index is -3.72. The maximum absolute atomic E-state index is 12.2. The van der Waals surface area contributed by atoms with Crippen molar-refractivity contribution in [3.63, 3.8) is 0 Å². The standard InChI is InChI=1S/C13H15NO4S/c1-3-13(2)12(15)11(8-18-13)9-4-6-10(7-5-9)19(14,16)17/h4-8H,3H2,1-2H3,(H2,14,16,17). The van der Waals surface area contributed by atoms with Crippen molar-refractivity contribution in [1.29, 1.82) is 0 Å². The Morgan fingerprint density at radius 3 is 2.26 bits per heavy atom. The molecule has 2 N–H and O–H groups in total. The van der Waals surface area contributed by atoms with Gasteiger partial charge >= 0.3 is 0 Å². The van der Waals surface area contributed by atoms with Crippen molar-refractivity contribution in [2.24, 2.45) is 5.14 Å². The Morgan fingerprint density at radius 1 is 1.26 bits per heavy atom. The zero-order valence-electron chi connectivity index (χ0n) is 10.7. The maximum Gasteiger partial charge on any atom is 0.238 e. The van der Waals surface area contributed by atoms with Crippen LogP contribution in [0.4, 0.5) is 0 Å². The molecule has 19 heavy (non-hydrogen) atoms. The van der Waals surface area contributed by atoms with Crippen LogP contribution in [0.1, 0.15) is 25.8 Å². The van der Waals surface area contributed by atoms with Gasteiger partial charge in [-0.1, -0.05) is 19.1 Å². The second-order valence-corrected chi connectivity index (χ2v) is 6.19. The summed E-state index contributed by atoms with van der Waals surface area (Å²) in [5.74, 6) is -0.0987. The number of carbonyl (C=O) groups excluding carboxylic acids is 1. The Morgan fingerprint density at radius 2 is 1.84 bits per heavy atom. The number of ketones is 1. The van der Waals surface area contributed by atoms with Crippen molar-refractivity contribution in [2.75, 3.05) is 0 Å². The van der Waals surface area contributed by atoms with Gasteiger partial charge in [0.15, 0.2) is 5.60 Å². The number of nitrogens with two attached hydrogens (primary N) is 1. The van der Waals surface area contributed by atoms with E-state index < -0.39 is 15.6 Å². The quantitative estimate of drug-likeness (QED) is 0.908. The Bertz CT molecular complexity index is 646. The first-order valence-corrected chi connectivity index (χ1v) is 7.38. The van der Waals surface area contributed by atoms with Crippen LogP contribution in [0.25, 0.3) is 5.57 Å². The molecule has 102 valence electrons. The van der Waals surface area contributed by atoms with E-state index in [0.717, 1.165) is 0 Å². The second kappa shape index (κ2) is 4.47. The molecule has 1 aliphatic heterocycles. The lowest BCUT2D eigenvalue weighted by molar-refractivity contribution is -0.127. The lowest BCUT2D eigenvalue weighted by Crippen LogP contribution is -2.32. The van der Waals surface area contributed by atoms with E-state index in [1.54, 1.807) is 19.1 Å². The highest BCUT2D eigenvalue weighted by Gasteiger charge is 2.40. The second-order valence-electron chi connectivity index (χ2n) is 4.63. The van der Waals surface area contributed by atoms with Gasteiger partial charge in [-0.25, -0.2) is 13.6 Å². The number of hydrogen-bond acceptors (Lipinski definition) is 4. The van der Waals surface area contributed by atoms with E-state index >= 15 is 0 Å². The van der Waals surface area contributed by atoms with E-state index in [1.807, 2.05) is 6.92 Å². The summed E-state index contributed by atoms with van der Waals surface area (Å²) in [4.78, 5) is 12.2. The van der Waals surface area contributed by atoms with Gasteiger partial charge in [-0.05, 0) is 31.0 Å². The molecule has 0 radical (unpaired) electrons. The van der Waals surface area contributed by atoms with E-state index in [2.05, 4.69) is 0 Å². The number of carbonyl (C=O) groups is 1. The molecule has 1 aliphatic rings. The Kier molecular flexibility index (Phi) is 3.24. The fourth-order valence-electron chi connectivity index (χ4n) is 1.85. The molecule has 0 aliphatic carbocycles. The average molecular weight is 281 g/mol. The molecule has 6 heteroatoms. The average Bonchev–Trinajstić information content (AvgIpc) is 2.66. The lowest BCUT2D eigenvalue weighted by atomic mass is 9.91. The molecule has 1 unspecified atom stereocenters. The van der Waals surface area contributed by atoms with Gasteiger partial charge in [0, 0.05) is 0 Å². The van der Waals surface area contributed by atoms with E-state index in [9.17, 15) is 13.2 Å². The number of ether oxygens (including phenoxy) is 1. The van der Waals surface area contributed by atoms with E-state index in [-0.39, 0.29) is 10.7 Å². The van der Waals surface area contributed by atoms with Crippen molar-refractivity contribution in [2.45, 2.75) is 30.8 Å². The highest BCUT2D eigenvalue weighted by Crippen LogP contribution is 2.33. The smallest absolute Gasteiger partial charge is 0.238 e. The Labute approximate surface area is 112 Å². The third kappa shape index (κ3) is 2.41. The summed E-state index contributed by atoms with van der Waals surface area (Å²) in [7, 11) is -3.72. The summed E-state index contributed by atoms with van der Waals surface area (Å²) >= 11 is 0. The molecule has 0 amide bonds. The number of primary sulfonamides is 1. The third-order valence-electron chi connectivity index (χ3n) is 3.33. The van der Waals surface area contributed by atoms with Gasteiger partial charge in [0.2, 0.25) is 15.8 Å². The van der Waals surface area contributed by atoms with Crippen LogP contribution >= 0.6 is 0 Å². The molecule has 0 aromatic heterocycles. The fraction of sp³-hybridized carbons (Fsp3) is 0.308. The van der Waals surface area contributed by atoms with Crippen LogP contribution in [-0.4, -0.2) is 19.8 Å². The summed E-state index contributed by atoms with van der Waals surface area (Å²) in [5, 5.41) is 5.02. The minimum Gasteiger partial charge on any atom is -0.486 e. The zero-order chi connectivity index (χ0) is 14.3. The molecule has 0 saturated heterocycles. The van der Waals surface area contributed by atoms with Gasteiger partial charge in [0.05, 0.1) is 16.7 Å². The van der Waals surface area contributed by atoms with Crippen LogP contribution in [0.15, 0.2) is 35.4 Å². The highest BCUT2D eigenvalue weighted by atomic mass is 32.2. The van der Waals surface area contributed by atoms with Crippen LogP contribution in [-0.2, 0) is 19.6 Å². The van der Waals surface area contributed by atoms with Gasteiger partial charge in [0.1, 0.15) is 0 Å². The lowest BCUT2D eigenvalue weighted by Gasteiger charge is -2.19. The summed E-state index contributed by atoms with van der Waals surface area (Å²) in [6.07, 6.45) is 2.00. The van der Waals surface area contributed by atoms with Crippen molar-refractivity contribution < 1.29 is 17.9 Å². The summed E-state index contributed by atoms with van der Waals surface area (Å²) in [6.45, 7) is 3.61. The molecule has 2 rings (SSSR count). The summed E-state index contributed by atoms with van der Waals surface area (Å²) in [6, 6.07) is 5.85. The van der Waals surface area contributed by atoms with Crippen molar-refractivity contribution in [3.8, 4) is 0 Å². The molecule has 1 heterocycles. The molecule has 1 aromatic rings. The number of rotatable bonds is 3. The summed E-state index contributed by atoms with van der Waals surface area (Å²) < 4.78 is 27.7. The SMILES string of the molecule is CCC1(C)OC=C(c2ccc(S(N)(=O)=O)cc2)C1=O. The number of hydrogen-bond donors (Lipinski definition) is 1. The Hall–Kier alpha value is -1.66. The third-order valence-corrected chi connectivity index (χ3v) is 4.26. The van der Waals surface area contributed by atoms with Crippen LogP contribution < -0.4 is 5.14 Å². The molecule has 0 saturated carbocycles. The molecule has 5 nitrogen and oxygen atoms in total.